The van der Waals surface area contributed by atoms with Crippen LogP contribution in [-0.4, -0.2) is 45.3 Å². The van der Waals surface area contributed by atoms with Gasteiger partial charge in [-0.05, 0) is 83.9 Å². The Morgan fingerprint density at radius 3 is 2.41 bits per heavy atom. The number of likely N-dealkylation sites (N-methyl/N-ethyl adjacent to an activating group) is 1. The molecule has 1 aliphatic rings. The van der Waals surface area contributed by atoms with E-state index in [0.29, 0.717) is 12.0 Å². The molecule has 2 N–H and O–H groups in total. The van der Waals surface area contributed by atoms with Gasteiger partial charge in [0.05, 0.1) is 6.10 Å². The monoisotopic (exact) mass is 563 g/mol. The second-order valence-electron chi connectivity index (χ2n) is 10.8. The van der Waals surface area contributed by atoms with Crippen molar-refractivity contribution in [3.63, 3.8) is 0 Å². The standard InChI is InChI=1S/C30H46NO7P/c1-9-11-12-13-23-17-26(32)28(25-16-21(7)14-15-24(25)19(3)4)27(18-23)38-39(36,30(35)37-20(5)6)31(10-2)22(8)29(33)34/h16-18,20,22,24-25,32H,3,9-15H2,1-2,4-8H3,(H,33,34)/t22?,24-,25+,39?/m0/s1. The van der Waals surface area contributed by atoms with E-state index in [0.717, 1.165) is 53.5 Å². The molecule has 1 aromatic rings. The molecule has 0 fully saturated rings. The fraction of sp³-hybridized carbons (Fsp3) is 0.600. The molecule has 0 aromatic heterocycles. The Kier molecular flexibility index (Phi) is 11.9. The smallest absolute Gasteiger partial charge is 0.427 e. The molecule has 1 aromatic carbocycles. The summed E-state index contributed by atoms with van der Waals surface area (Å²) in [7, 11) is -4.58. The number of phenols is 1. The Hall–Kier alpha value is -2.57. The predicted octanol–water partition coefficient (Wildman–Crippen LogP) is 8.05. The number of aliphatic carboxylic acids is 1. The Morgan fingerprint density at radius 1 is 1.21 bits per heavy atom. The molecule has 0 spiro atoms. The van der Waals surface area contributed by atoms with Crippen LogP contribution >= 0.6 is 7.52 Å². The van der Waals surface area contributed by atoms with Gasteiger partial charge < -0.3 is 19.5 Å². The molecule has 0 saturated heterocycles. The first kappa shape index (κ1) is 32.6. The number of nitrogens with zero attached hydrogens (tertiary/aromatic N) is 1. The number of aromatic hydroxyl groups is 1. The van der Waals surface area contributed by atoms with Gasteiger partial charge in [0.15, 0.2) is 0 Å². The average Bonchev–Trinajstić information content (AvgIpc) is 2.83. The van der Waals surface area contributed by atoms with E-state index in [1.807, 2.05) is 13.8 Å². The lowest BCUT2D eigenvalue weighted by Crippen LogP contribution is -2.40. The van der Waals surface area contributed by atoms with Crippen LogP contribution in [0.2, 0.25) is 0 Å². The Labute approximate surface area is 233 Å². The van der Waals surface area contributed by atoms with Crippen LogP contribution in [-0.2, 0) is 20.5 Å². The summed E-state index contributed by atoms with van der Waals surface area (Å²) in [5, 5.41) is 21.1. The molecule has 39 heavy (non-hydrogen) atoms. The molecular formula is C30H46NO7P. The number of carbonyl (C=O) groups excluding carboxylic acids is 1. The zero-order valence-corrected chi connectivity index (χ0v) is 25.4. The molecule has 0 amide bonds. The van der Waals surface area contributed by atoms with Gasteiger partial charge in [0, 0.05) is 18.0 Å². The van der Waals surface area contributed by atoms with Crippen LogP contribution in [0.1, 0.15) is 97.6 Å². The molecule has 2 rings (SSSR count). The van der Waals surface area contributed by atoms with Gasteiger partial charge in [0.25, 0.3) is 0 Å². The molecular weight excluding hydrogens is 517 g/mol. The second kappa shape index (κ2) is 14.2. The Balaban J connectivity index is 2.80. The van der Waals surface area contributed by atoms with Crippen molar-refractivity contribution in [2.75, 3.05) is 6.54 Å². The summed E-state index contributed by atoms with van der Waals surface area (Å²) in [6.07, 6.45) is 6.74. The van der Waals surface area contributed by atoms with Gasteiger partial charge >= 0.3 is 19.2 Å². The fourth-order valence-electron chi connectivity index (χ4n) is 5.12. The van der Waals surface area contributed by atoms with Gasteiger partial charge in [-0.25, -0.2) is 9.36 Å². The van der Waals surface area contributed by atoms with Gasteiger partial charge in [0.2, 0.25) is 0 Å². The quantitative estimate of drug-likeness (QED) is 0.133. The molecule has 1 aliphatic carbocycles. The summed E-state index contributed by atoms with van der Waals surface area (Å²) >= 11 is 0. The SMILES string of the molecule is C=C(C)[C@@H]1CCC(C)=C[C@H]1c1c(O)cc(CCCCC)cc1OP(=O)(C(=O)OC(C)C)N(CC)C(C)C(=O)O. The number of hydrogen-bond acceptors (Lipinski definition) is 6. The molecule has 0 radical (unpaired) electrons. The van der Waals surface area contributed by atoms with Crippen molar-refractivity contribution in [1.82, 2.24) is 4.67 Å². The number of aryl methyl sites for hydroxylation is 1. The van der Waals surface area contributed by atoms with Gasteiger partial charge in [-0.3, -0.25) is 4.79 Å². The van der Waals surface area contributed by atoms with Crippen LogP contribution in [0.4, 0.5) is 4.79 Å². The maximum atomic E-state index is 14.5. The number of ether oxygens (including phenoxy) is 1. The minimum Gasteiger partial charge on any atom is -0.507 e. The topological polar surface area (TPSA) is 113 Å². The third-order valence-electron chi connectivity index (χ3n) is 7.22. The third-order valence-corrected chi connectivity index (χ3v) is 9.54. The van der Waals surface area contributed by atoms with Crippen molar-refractivity contribution in [2.24, 2.45) is 5.92 Å². The summed E-state index contributed by atoms with van der Waals surface area (Å²) < 4.78 is 27.1. The van der Waals surface area contributed by atoms with E-state index >= 15 is 0 Å². The fourth-order valence-corrected chi connectivity index (χ4v) is 7.20. The lowest BCUT2D eigenvalue weighted by molar-refractivity contribution is -0.141. The molecule has 218 valence electrons. The minimum absolute atomic E-state index is 0.00452. The largest absolute Gasteiger partial charge is 0.507 e. The van der Waals surface area contributed by atoms with E-state index in [1.54, 1.807) is 32.9 Å². The van der Waals surface area contributed by atoms with Crippen molar-refractivity contribution in [3.05, 3.63) is 47.1 Å². The van der Waals surface area contributed by atoms with Crippen molar-refractivity contribution in [3.8, 4) is 11.5 Å². The van der Waals surface area contributed by atoms with Gasteiger partial charge in [-0.1, -0.05) is 50.5 Å². The molecule has 9 heteroatoms. The molecule has 0 bridgehead atoms. The highest BCUT2D eigenvalue weighted by molar-refractivity contribution is 7.73. The van der Waals surface area contributed by atoms with E-state index in [-0.39, 0.29) is 29.9 Å². The number of rotatable bonds is 14. The zero-order valence-electron chi connectivity index (χ0n) is 24.5. The van der Waals surface area contributed by atoms with Crippen LogP contribution in [0.25, 0.3) is 0 Å². The van der Waals surface area contributed by atoms with Crippen LogP contribution in [0, 0.1) is 5.92 Å². The highest BCUT2D eigenvalue weighted by Crippen LogP contribution is 2.57. The summed E-state index contributed by atoms with van der Waals surface area (Å²) in [4.78, 5) is 25.3. The molecule has 0 heterocycles. The van der Waals surface area contributed by atoms with Crippen LogP contribution in [0.3, 0.4) is 0 Å². The first-order valence-electron chi connectivity index (χ1n) is 14.0. The molecule has 0 aliphatic heterocycles. The number of carbonyl (C=O) groups is 2. The maximum absolute atomic E-state index is 14.5. The van der Waals surface area contributed by atoms with Crippen LogP contribution in [0.5, 0.6) is 11.5 Å². The maximum Gasteiger partial charge on any atom is 0.427 e. The average molecular weight is 564 g/mol. The van der Waals surface area contributed by atoms with Gasteiger partial charge in [-0.15, -0.1) is 0 Å². The lowest BCUT2D eigenvalue weighted by atomic mass is 9.73. The van der Waals surface area contributed by atoms with Crippen LogP contribution in [0.15, 0.2) is 35.9 Å². The number of benzene rings is 1. The van der Waals surface area contributed by atoms with Crippen molar-refractivity contribution in [2.45, 2.75) is 105 Å². The Bertz CT molecular complexity index is 1130. The number of carboxylic acid groups (broad SMARTS) is 1. The number of unbranched alkanes of at least 4 members (excludes halogenated alkanes) is 2. The van der Waals surface area contributed by atoms with Gasteiger partial charge in [0.1, 0.15) is 17.5 Å². The molecule has 0 saturated carbocycles. The van der Waals surface area contributed by atoms with E-state index in [9.17, 15) is 24.4 Å². The lowest BCUT2D eigenvalue weighted by Gasteiger charge is -2.35. The summed E-state index contributed by atoms with van der Waals surface area (Å²) in [5.41, 5.74) is 2.16. The van der Waals surface area contributed by atoms with Gasteiger partial charge in [-0.2, -0.15) is 4.67 Å². The summed E-state index contributed by atoms with van der Waals surface area (Å²) in [5.74, 6) is -1.49. The molecule has 2 unspecified atom stereocenters. The third kappa shape index (κ3) is 7.98. The number of phenolic OH excluding ortho intramolecular Hbond substituents is 1. The summed E-state index contributed by atoms with van der Waals surface area (Å²) in [6, 6.07) is 2.15. The van der Waals surface area contributed by atoms with E-state index < -0.39 is 31.3 Å². The van der Waals surface area contributed by atoms with Crippen molar-refractivity contribution in [1.29, 1.82) is 0 Å². The van der Waals surface area contributed by atoms with E-state index in [2.05, 4.69) is 19.6 Å². The van der Waals surface area contributed by atoms with E-state index in [1.165, 1.54) is 6.92 Å². The minimum atomic E-state index is -4.58. The second-order valence-corrected chi connectivity index (χ2v) is 12.9. The summed E-state index contributed by atoms with van der Waals surface area (Å²) in [6.45, 7) is 16.4. The normalized spacial score (nSPS) is 19.8. The Morgan fingerprint density at radius 2 is 1.87 bits per heavy atom. The molecule has 8 nitrogen and oxygen atoms in total. The van der Waals surface area contributed by atoms with Crippen LogP contribution < -0.4 is 4.52 Å². The zero-order chi connectivity index (χ0) is 29.5. The molecule has 4 atom stereocenters. The first-order chi connectivity index (χ1) is 18.3. The van der Waals surface area contributed by atoms with Crippen molar-refractivity contribution < 1.29 is 33.6 Å². The van der Waals surface area contributed by atoms with Crippen molar-refractivity contribution >= 4 is 19.2 Å². The number of carboxylic acids is 1. The highest BCUT2D eigenvalue weighted by atomic mass is 31.2. The number of hydrogen-bond donors (Lipinski definition) is 2. The van der Waals surface area contributed by atoms with E-state index in [4.69, 9.17) is 9.26 Å². The number of allylic oxidation sites excluding steroid dienone is 3. The first-order valence-corrected chi connectivity index (χ1v) is 15.5. The predicted molar refractivity (Wildman–Crippen MR) is 155 cm³/mol. The highest BCUT2D eigenvalue weighted by Gasteiger charge is 2.48.